The van der Waals surface area contributed by atoms with Crippen molar-refractivity contribution in [2.45, 2.75) is 41.2 Å². The molecule has 0 aromatic heterocycles. The summed E-state index contributed by atoms with van der Waals surface area (Å²) in [5, 5.41) is 2.10. The molecule has 1 aliphatic heterocycles. The summed E-state index contributed by atoms with van der Waals surface area (Å²) in [7, 11) is 0. The Bertz CT molecular complexity index is 103. The molecule has 0 fully saturated rings. The highest BCUT2D eigenvalue weighted by Gasteiger charge is 2.04. The molecule has 0 spiro atoms. The smallest absolute Gasteiger partial charge is 0.0391 e. The van der Waals surface area contributed by atoms with Crippen molar-refractivity contribution in [1.82, 2.24) is 10.4 Å². The molecule has 0 aliphatic carbocycles. The van der Waals surface area contributed by atoms with Crippen molar-refractivity contribution < 1.29 is 0 Å². The molecule has 0 amide bonds. The van der Waals surface area contributed by atoms with Crippen molar-refractivity contribution in [1.29, 1.82) is 0 Å². The SMILES string of the molecule is C.CC.CC(C)N1C=CCN1.[B]. The molecule has 71 valence electrons. The summed E-state index contributed by atoms with van der Waals surface area (Å²) >= 11 is 0. The van der Waals surface area contributed by atoms with Gasteiger partial charge in [-0.3, -0.25) is 0 Å². The monoisotopic (exact) mass is 169 g/mol. The first-order valence-electron chi connectivity index (χ1n) is 3.99. The van der Waals surface area contributed by atoms with Crippen LogP contribution in [0, 0.1) is 0 Å². The maximum absolute atomic E-state index is 3.18. The molecule has 0 aromatic carbocycles. The number of hydrogen-bond acceptors (Lipinski definition) is 2. The lowest BCUT2D eigenvalue weighted by Gasteiger charge is -2.19. The molecule has 0 atom stereocenters. The molecule has 0 aromatic rings. The van der Waals surface area contributed by atoms with Crippen molar-refractivity contribution in [3.8, 4) is 0 Å². The van der Waals surface area contributed by atoms with E-state index in [4.69, 9.17) is 0 Å². The van der Waals surface area contributed by atoms with Crippen LogP contribution in [0.15, 0.2) is 12.3 Å². The van der Waals surface area contributed by atoms with Gasteiger partial charge in [-0.15, -0.1) is 0 Å². The maximum atomic E-state index is 3.18. The molecule has 0 unspecified atom stereocenters. The van der Waals surface area contributed by atoms with Crippen LogP contribution in [-0.2, 0) is 0 Å². The van der Waals surface area contributed by atoms with Crippen LogP contribution in [0.4, 0.5) is 0 Å². The molecular weight excluding hydrogens is 147 g/mol. The molecule has 1 heterocycles. The van der Waals surface area contributed by atoms with Gasteiger partial charge in [-0.2, -0.15) is 0 Å². The molecule has 1 N–H and O–H groups in total. The number of rotatable bonds is 1. The predicted molar refractivity (Wildman–Crippen MR) is 58.0 cm³/mol. The summed E-state index contributed by atoms with van der Waals surface area (Å²) in [4.78, 5) is 0. The summed E-state index contributed by atoms with van der Waals surface area (Å²) in [5.74, 6) is 0. The molecule has 12 heavy (non-hydrogen) atoms. The molecule has 1 rings (SSSR count). The lowest BCUT2D eigenvalue weighted by atomic mass is 10.4. The average Bonchev–Trinajstić information content (AvgIpc) is 2.42. The van der Waals surface area contributed by atoms with Crippen molar-refractivity contribution in [3.05, 3.63) is 12.3 Å². The van der Waals surface area contributed by atoms with Gasteiger partial charge in [0.05, 0.1) is 0 Å². The van der Waals surface area contributed by atoms with Crippen LogP contribution in [0.5, 0.6) is 0 Å². The molecular formula is C9H22BN2. The van der Waals surface area contributed by atoms with Gasteiger partial charge in [0.2, 0.25) is 0 Å². The van der Waals surface area contributed by atoms with E-state index in [2.05, 4.69) is 36.6 Å². The molecule has 1 aliphatic rings. The largest absolute Gasteiger partial charge is 0.313 e. The van der Waals surface area contributed by atoms with Gasteiger partial charge in [0.25, 0.3) is 0 Å². The third kappa shape index (κ3) is 6.29. The minimum absolute atomic E-state index is 0. The number of hydrazine groups is 1. The highest BCUT2D eigenvalue weighted by atomic mass is 15.5. The van der Waals surface area contributed by atoms with E-state index in [0.717, 1.165) is 6.54 Å². The first-order valence-corrected chi connectivity index (χ1v) is 3.99. The zero-order chi connectivity index (χ0) is 7.98. The second-order valence-corrected chi connectivity index (χ2v) is 2.25. The van der Waals surface area contributed by atoms with E-state index in [-0.39, 0.29) is 15.8 Å². The Balaban J connectivity index is -0.000000189. The van der Waals surface area contributed by atoms with Gasteiger partial charge in [0, 0.05) is 27.2 Å². The van der Waals surface area contributed by atoms with Gasteiger partial charge in [-0.25, -0.2) is 5.43 Å². The van der Waals surface area contributed by atoms with E-state index in [9.17, 15) is 0 Å². The molecule has 3 heteroatoms. The molecule has 0 bridgehead atoms. The Morgan fingerprint density at radius 1 is 1.33 bits per heavy atom. The average molecular weight is 169 g/mol. The lowest BCUT2D eigenvalue weighted by molar-refractivity contribution is 0.250. The van der Waals surface area contributed by atoms with Crippen LogP contribution in [0.25, 0.3) is 0 Å². The first-order chi connectivity index (χ1) is 4.80. The predicted octanol–water partition coefficient (Wildman–Crippen LogP) is 2.01. The Hall–Kier alpha value is -0.435. The number of hydrogen-bond donors (Lipinski definition) is 1. The second kappa shape index (κ2) is 10.6. The van der Waals surface area contributed by atoms with Crippen LogP contribution in [0.2, 0.25) is 0 Å². The molecule has 3 radical (unpaired) electrons. The normalized spacial score (nSPS) is 12.9. The van der Waals surface area contributed by atoms with Gasteiger partial charge < -0.3 is 5.01 Å². The maximum Gasteiger partial charge on any atom is 0.0391 e. The van der Waals surface area contributed by atoms with Crippen LogP contribution in [0.3, 0.4) is 0 Å². The van der Waals surface area contributed by atoms with Gasteiger partial charge in [0.1, 0.15) is 0 Å². The summed E-state index contributed by atoms with van der Waals surface area (Å²) in [6.45, 7) is 9.30. The van der Waals surface area contributed by atoms with Gasteiger partial charge in [0.15, 0.2) is 0 Å². The zero-order valence-corrected chi connectivity index (χ0v) is 7.96. The van der Waals surface area contributed by atoms with Crippen molar-refractivity contribution in [3.63, 3.8) is 0 Å². The molecule has 2 nitrogen and oxygen atoms in total. The van der Waals surface area contributed by atoms with E-state index in [1.54, 1.807) is 0 Å². The number of nitrogens with zero attached hydrogens (tertiary/aromatic N) is 1. The third-order valence-corrected chi connectivity index (χ3v) is 1.21. The fourth-order valence-electron chi connectivity index (χ4n) is 0.732. The molecule has 0 saturated heterocycles. The van der Waals surface area contributed by atoms with Crippen LogP contribution >= 0.6 is 0 Å². The summed E-state index contributed by atoms with van der Waals surface area (Å²) in [6, 6.07) is 0.578. The minimum atomic E-state index is 0. The third-order valence-electron chi connectivity index (χ3n) is 1.21. The number of nitrogens with one attached hydrogen (secondary N) is 1. The minimum Gasteiger partial charge on any atom is -0.313 e. The van der Waals surface area contributed by atoms with Gasteiger partial charge >= 0.3 is 0 Å². The second-order valence-electron chi connectivity index (χ2n) is 2.25. The van der Waals surface area contributed by atoms with Crippen molar-refractivity contribution in [2.24, 2.45) is 0 Å². The fourth-order valence-corrected chi connectivity index (χ4v) is 0.732. The summed E-state index contributed by atoms with van der Waals surface area (Å²) < 4.78 is 0. The summed E-state index contributed by atoms with van der Waals surface area (Å²) in [5.41, 5.74) is 3.18. The van der Waals surface area contributed by atoms with Crippen molar-refractivity contribution >= 4 is 8.41 Å². The van der Waals surface area contributed by atoms with E-state index < -0.39 is 0 Å². The van der Waals surface area contributed by atoms with Crippen LogP contribution in [0.1, 0.15) is 35.1 Å². The fraction of sp³-hybridized carbons (Fsp3) is 0.778. The van der Waals surface area contributed by atoms with Crippen molar-refractivity contribution in [2.75, 3.05) is 6.54 Å². The lowest BCUT2D eigenvalue weighted by Crippen LogP contribution is -2.34. The summed E-state index contributed by atoms with van der Waals surface area (Å²) in [6.07, 6.45) is 4.19. The van der Waals surface area contributed by atoms with E-state index >= 15 is 0 Å². The quantitative estimate of drug-likeness (QED) is 0.604. The van der Waals surface area contributed by atoms with Crippen LogP contribution < -0.4 is 5.43 Å². The van der Waals surface area contributed by atoms with E-state index in [1.807, 2.05) is 13.8 Å². The van der Waals surface area contributed by atoms with E-state index in [0.29, 0.717) is 6.04 Å². The highest BCUT2D eigenvalue weighted by molar-refractivity contribution is 5.75. The standard InChI is InChI=1S/C6H12N2.C2H6.CH4.B/c1-6(2)8-5-3-4-7-8;1-2;;/h3,5-7H,4H2,1-2H3;1-2H3;1H4;. The van der Waals surface area contributed by atoms with Gasteiger partial charge in [-0.05, 0) is 13.8 Å². The Morgan fingerprint density at radius 3 is 2.00 bits per heavy atom. The highest BCUT2D eigenvalue weighted by Crippen LogP contribution is 1.97. The Kier molecular flexibility index (Phi) is 15.5. The zero-order valence-electron chi connectivity index (χ0n) is 7.96. The Labute approximate surface area is 79.6 Å². The van der Waals surface area contributed by atoms with Crippen LogP contribution in [-0.4, -0.2) is 26.0 Å². The Morgan fingerprint density at radius 2 is 1.83 bits per heavy atom. The topological polar surface area (TPSA) is 15.3 Å². The molecule has 0 saturated carbocycles. The van der Waals surface area contributed by atoms with Gasteiger partial charge in [-0.1, -0.05) is 27.4 Å². The van der Waals surface area contributed by atoms with E-state index in [1.165, 1.54) is 0 Å². The first kappa shape index (κ1) is 17.6.